The molecule has 0 radical (unpaired) electrons. The first-order valence-electron chi connectivity index (χ1n) is 8.13. The van der Waals surface area contributed by atoms with Crippen molar-refractivity contribution in [3.63, 3.8) is 0 Å². The highest BCUT2D eigenvalue weighted by Crippen LogP contribution is 2.43. The number of rotatable bonds is 1. The van der Waals surface area contributed by atoms with Gasteiger partial charge in [-0.15, -0.1) is 0 Å². The molecule has 7 heteroatoms. The zero-order valence-corrected chi connectivity index (χ0v) is 15.8. The highest BCUT2D eigenvalue weighted by molar-refractivity contribution is 7.93. The summed E-state index contributed by atoms with van der Waals surface area (Å²) in [5.41, 5.74) is 4.70. The number of hydrogen-bond donors (Lipinski definition) is 1. The molecule has 0 atom stereocenters. The summed E-state index contributed by atoms with van der Waals surface area (Å²) in [5, 5.41) is 1.71. The van der Waals surface area contributed by atoms with Gasteiger partial charge in [-0.25, -0.2) is 8.42 Å². The van der Waals surface area contributed by atoms with E-state index in [1.807, 2.05) is 41.9 Å². The Labute approximate surface area is 155 Å². The Morgan fingerprint density at radius 1 is 1.00 bits per heavy atom. The lowest BCUT2D eigenvalue weighted by molar-refractivity contribution is 0.597. The predicted octanol–water partition coefficient (Wildman–Crippen LogP) is 4.19. The number of fused-ring (bicyclic) bond motifs is 1. The smallest absolute Gasteiger partial charge is 0.264 e. The standard InChI is InChI=1S/C19H15N3O2S2/c1-21-15-9-11(6-7-14(15)20-19(21)25)13-8-12-4-3-5-17-18(12)16(10-13)22(2)26(17,23)24/h3-10H,1-2H3,(H,20,25). The maximum atomic E-state index is 12.6. The summed E-state index contributed by atoms with van der Waals surface area (Å²) in [5.74, 6) is 0. The fourth-order valence-corrected chi connectivity index (χ4v) is 5.32. The largest absolute Gasteiger partial charge is 0.331 e. The topological polar surface area (TPSA) is 58.1 Å². The van der Waals surface area contributed by atoms with E-state index in [1.54, 1.807) is 19.2 Å². The Morgan fingerprint density at radius 3 is 2.62 bits per heavy atom. The summed E-state index contributed by atoms with van der Waals surface area (Å²) in [7, 11) is 0.0691. The van der Waals surface area contributed by atoms with Crippen molar-refractivity contribution in [2.24, 2.45) is 7.05 Å². The van der Waals surface area contributed by atoms with Crippen LogP contribution in [0.1, 0.15) is 0 Å². The molecule has 4 aromatic rings. The molecule has 0 unspecified atom stereocenters. The molecule has 5 nitrogen and oxygen atoms in total. The SMILES string of the molecule is CN1c2cc(-c3ccc4[nH]c(=S)n(C)c4c3)cc3cccc(c23)S1(=O)=O. The molecule has 0 spiro atoms. The van der Waals surface area contributed by atoms with Gasteiger partial charge in [0, 0.05) is 19.5 Å². The lowest BCUT2D eigenvalue weighted by atomic mass is 9.99. The maximum absolute atomic E-state index is 12.6. The number of nitrogens with zero attached hydrogens (tertiary/aromatic N) is 2. The molecular formula is C19H15N3O2S2. The van der Waals surface area contributed by atoms with Crippen LogP contribution in [0.5, 0.6) is 0 Å². The molecule has 0 saturated carbocycles. The number of imidazole rings is 1. The first-order valence-corrected chi connectivity index (χ1v) is 9.97. The molecule has 5 rings (SSSR count). The number of aromatic amines is 1. The first-order chi connectivity index (χ1) is 12.4. The monoisotopic (exact) mass is 381 g/mol. The van der Waals surface area contributed by atoms with Gasteiger partial charge in [-0.1, -0.05) is 18.2 Å². The van der Waals surface area contributed by atoms with E-state index < -0.39 is 10.0 Å². The summed E-state index contributed by atoms with van der Waals surface area (Å²) in [4.78, 5) is 3.55. The summed E-state index contributed by atoms with van der Waals surface area (Å²) in [6.07, 6.45) is 0. The normalized spacial score (nSPS) is 15.2. The zero-order chi connectivity index (χ0) is 18.2. The van der Waals surface area contributed by atoms with Crippen LogP contribution in [-0.2, 0) is 17.1 Å². The molecule has 1 aliphatic rings. The van der Waals surface area contributed by atoms with Crippen LogP contribution in [-0.4, -0.2) is 25.0 Å². The molecule has 2 heterocycles. The highest BCUT2D eigenvalue weighted by atomic mass is 32.2. The van der Waals surface area contributed by atoms with E-state index in [1.165, 1.54) is 4.31 Å². The highest BCUT2D eigenvalue weighted by Gasteiger charge is 2.33. The summed E-state index contributed by atoms with van der Waals surface area (Å²) in [6, 6.07) is 15.5. The van der Waals surface area contributed by atoms with Gasteiger partial charge in [-0.2, -0.15) is 0 Å². The van der Waals surface area contributed by atoms with Crippen molar-refractivity contribution in [2.45, 2.75) is 4.90 Å². The number of nitrogens with one attached hydrogen (secondary N) is 1. The van der Waals surface area contributed by atoms with Crippen LogP contribution in [0.3, 0.4) is 0 Å². The number of hydrogen-bond acceptors (Lipinski definition) is 3. The van der Waals surface area contributed by atoms with Gasteiger partial charge in [-0.05, 0) is 59.1 Å². The Bertz CT molecular complexity index is 1400. The fraction of sp³-hybridized carbons (Fsp3) is 0.105. The maximum Gasteiger partial charge on any atom is 0.264 e. The van der Waals surface area contributed by atoms with Gasteiger partial charge in [0.25, 0.3) is 10.0 Å². The van der Waals surface area contributed by atoms with E-state index >= 15 is 0 Å². The van der Waals surface area contributed by atoms with Gasteiger partial charge < -0.3 is 9.55 Å². The quantitative estimate of drug-likeness (QED) is 0.503. The molecule has 0 aliphatic carbocycles. The van der Waals surface area contributed by atoms with Gasteiger partial charge >= 0.3 is 0 Å². The summed E-state index contributed by atoms with van der Waals surface area (Å²) in [6.45, 7) is 0. The van der Waals surface area contributed by atoms with Gasteiger partial charge in [0.2, 0.25) is 0 Å². The van der Waals surface area contributed by atoms with Crippen LogP contribution in [0, 0.1) is 4.77 Å². The van der Waals surface area contributed by atoms with E-state index in [0.29, 0.717) is 9.67 Å². The molecule has 1 aromatic heterocycles. The van der Waals surface area contributed by atoms with Crippen LogP contribution < -0.4 is 4.31 Å². The van der Waals surface area contributed by atoms with E-state index in [9.17, 15) is 8.42 Å². The van der Waals surface area contributed by atoms with Crippen LogP contribution in [0.2, 0.25) is 0 Å². The first kappa shape index (κ1) is 15.6. The van der Waals surface area contributed by atoms with Crippen molar-refractivity contribution in [3.8, 4) is 11.1 Å². The van der Waals surface area contributed by atoms with Crippen molar-refractivity contribution in [1.29, 1.82) is 0 Å². The third kappa shape index (κ3) is 1.89. The van der Waals surface area contributed by atoms with Gasteiger partial charge in [0.05, 0.1) is 21.6 Å². The van der Waals surface area contributed by atoms with Crippen molar-refractivity contribution in [2.75, 3.05) is 11.4 Å². The van der Waals surface area contributed by atoms with Crippen LogP contribution in [0.4, 0.5) is 5.69 Å². The third-order valence-electron chi connectivity index (χ3n) is 5.13. The van der Waals surface area contributed by atoms with E-state index in [-0.39, 0.29) is 0 Å². The predicted molar refractivity (Wildman–Crippen MR) is 107 cm³/mol. The molecule has 0 fully saturated rings. The van der Waals surface area contributed by atoms with E-state index in [0.717, 1.165) is 38.6 Å². The zero-order valence-electron chi connectivity index (χ0n) is 14.1. The van der Waals surface area contributed by atoms with Crippen molar-refractivity contribution >= 4 is 49.7 Å². The minimum Gasteiger partial charge on any atom is -0.331 e. The number of anilines is 1. The molecule has 0 bridgehead atoms. The van der Waals surface area contributed by atoms with Gasteiger partial charge in [0.1, 0.15) is 0 Å². The molecule has 130 valence electrons. The van der Waals surface area contributed by atoms with Crippen LogP contribution in [0.25, 0.3) is 32.9 Å². The number of H-pyrrole nitrogens is 1. The van der Waals surface area contributed by atoms with Crippen LogP contribution in [0.15, 0.2) is 53.4 Å². The fourth-order valence-electron chi connectivity index (χ4n) is 3.68. The van der Waals surface area contributed by atoms with Crippen LogP contribution >= 0.6 is 12.2 Å². The van der Waals surface area contributed by atoms with Gasteiger partial charge in [-0.3, -0.25) is 4.31 Å². The Kier molecular flexibility index (Phi) is 2.98. The van der Waals surface area contributed by atoms with Crippen molar-refractivity contribution < 1.29 is 8.42 Å². The Morgan fingerprint density at radius 2 is 1.81 bits per heavy atom. The second-order valence-corrected chi connectivity index (χ2v) is 8.87. The number of aromatic nitrogens is 2. The van der Waals surface area contributed by atoms with E-state index in [2.05, 4.69) is 11.1 Å². The minimum absolute atomic E-state index is 0.377. The molecular weight excluding hydrogens is 366 g/mol. The molecule has 0 amide bonds. The second kappa shape index (κ2) is 4.96. The van der Waals surface area contributed by atoms with E-state index in [4.69, 9.17) is 12.2 Å². The molecule has 26 heavy (non-hydrogen) atoms. The molecule has 3 aromatic carbocycles. The molecule has 0 saturated heterocycles. The lowest BCUT2D eigenvalue weighted by Crippen LogP contribution is -2.21. The average Bonchev–Trinajstić information content (AvgIpc) is 3.02. The Balaban J connectivity index is 1.82. The number of sulfonamides is 1. The molecule has 1 aliphatic heterocycles. The third-order valence-corrected chi connectivity index (χ3v) is 7.32. The van der Waals surface area contributed by atoms with Gasteiger partial charge in [0.15, 0.2) is 4.77 Å². The average molecular weight is 381 g/mol. The summed E-state index contributed by atoms with van der Waals surface area (Å²) < 4.78 is 29.3. The van der Waals surface area contributed by atoms with Crippen molar-refractivity contribution in [3.05, 3.63) is 53.3 Å². The number of benzene rings is 3. The van der Waals surface area contributed by atoms with Crippen molar-refractivity contribution in [1.82, 2.24) is 9.55 Å². The molecule has 1 N–H and O–H groups in total. The summed E-state index contributed by atoms with van der Waals surface area (Å²) >= 11 is 5.30. The minimum atomic E-state index is -3.46. The number of aryl methyl sites for hydroxylation is 1. The Hall–Kier alpha value is -2.64. The second-order valence-electron chi connectivity index (χ2n) is 6.54. The lowest BCUT2D eigenvalue weighted by Gasteiger charge is -2.13.